The summed E-state index contributed by atoms with van der Waals surface area (Å²) >= 11 is 0. The van der Waals surface area contributed by atoms with Gasteiger partial charge in [0.25, 0.3) is 0 Å². The second-order valence-electron chi connectivity index (χ2n) is 3.81. The Balaban J connectivity index is 4.00. The predicted octanol–water partition coefficient (Wildman–Crippen LogP) is -0.0210. The summed E-state index contributed by atoms with van der Waals surface area (Å²) in [5.41, 5.74) is 12.9. The zero-order chi connectivity index (χ0) is 14.0. The highest BCUT2D eigenvalue weighted by Gasteiger charge is 2.17. The van der Waals surface area contributed by atoms with Crippen LogP contribution in [-0.4, -0.2) is 35.7 Å². The number of allylic oxidation sites excluding steroid dienone is 1. The van der Waals surface area contributed by atoms with Crippen molar-refractivity contribution in [2.24, 2.45) is 16.5 Å². The average Bonchev–Trinajstić information content (AvgIpc) is 2.27. The summed E-state index contributed by atoms with van der Waals surface area (Å²) in [5, 5.41) is 8.98. The molecule has 0 fully saturated rings. The molecule has 0 rings (SSSR count). The molecule has 0 spiro atoms. The third-order valence-corrected chi connectivity index (χ3v) is 2.10. The highest BCUT2D eigenvalue weighted by molar-refractivity contribution is 5.75. The van der Waals surface area contributed by atoms with E-state index in [9.17, 15) is 4.79 Å². The van der Waals surface area contributed by atoms with Gasteiger partial charge in [-0.15, -0.1) is 0 Å². The number of nitrogens with zero attached hydrogens (tertiary/aromatic N) is 1. The fourth-order valence-corrected chi connectivity index (χ4v) is 1.24. The van der Waals surface area contributed by atoms with Gasteiger partial charge < -0.3 is 16.6 Å². The van der Waals surface area contributed by atoms with Gasteiger partial charge in [-0.1, -0.05) is 12.2 Å². The van der Waals surface area contributed by atoms with E-state index in [0.29, 0.717) is 19.4 Å². The first kappa shape index (κ1) is 16.4. The molecule has 0 aromatic carbocycles. The molecular formula is C11H22N4O3. The first-order valence-electron chi connectivity index (χ1n) is 5.79. The highest BCUT2D eigenvalue weighted by atomic mass is 16.7. The minimum absolute atomic E-state index is 0.00721. The Bertz CT molecular complexity index is 301. The Morgan fingerprint density at radius 3 is 2.72 bits per heavy atom. The Morgan fingerprint density at radius 1 is 1.56 bits per heavy atom. The molecule has 0 bridgehead atoms. The van der Waals surface area contributed by atoms with Gasteiger partial charge in [-0.25, -0.2) is 0 Å². The lowest BCUT2D eigenvalue weighted by Crippen LogP contribution is -2.38. The number of aliphatic imine (C=N–C) groups is 1. The molecule has 0 aromatic heterocycles. The van der Waals surface area contributed by atoms with E-state index >= 15 is 0 Å². The first-order chi connectivity index (χ1) is 8.47. The van der Waals surface area contributed by atoms with Crippen LogP contribution >= 0.6 is 0 Å². The maximum absolute atomic E-state index is 11.0. The molecule has 7 heteroatoms. The van der Waals surface area contributed by atoms with Crippen LogP contribution in [0.4, 0.5) is 0 Å². The fourth-order valence-electron chi connectivity index (χ4n) is 1.24. The first-order valence-corrected chi connectivity index (χ1v) is 5.79. The molecule has 0 aliphatic carbocycles. The summed E-state index contributed by atoms with van der Waals surface area (Å²) < 4.78 is 0. The summed E-state index contributed by atoms with van der Waals surface area (Å²) in [5.74, 6) is -0.958. The smallest absolute Gasteiger partial charge is 0.323 e. The van der Waals surface area contributed by atoms with Crippen molar-refractivity contribution in [1.82, 2.24) is 5.48 Å². The summed E-state index contributed by atoms with van der Waals surface area (Å²) in [6, 6.07) is -0.771. The number of nitrogens with one attached hydrogen (secondary N) is 1. The van der Waals surface area contributed by atoms with Gasteiger partial charge in [-0.2, -0.15) is 5.48 Å². The van der Waals surface area contributed by atoms with Crippen LogP contribution < -0.4 is 16.9 Å². The summed E-state index contributed by atoms with van der Waals surface area (Å²) in [7, 11) is 0. The van der Waals surface area contributed by atoms with E-state index in [4.69, 9.17) is 21.4 Å². The van der Waals surface area contributed by atoms with Crippen LogP contribution in [0.25, 0.3) is 0 Å². The van der Waals surface area contributed by atoms with E-state index in [1.807, 2.05) is 26.0 Å². The minimum atomic E-state index is -0.965. The van der Waals surface area contributed by atoms with Gasteiger partial charge in [0, 0.05) is 6.54 Å². The molecule has 1 unspecified atom stereocenters. The van der Waals surface area contributed by atoms with Gasteiger partial charge in [-0.3, -0.25) is 14.6 Å². The summed E-state index contributed by atoms with van der Waals surface area (Å²) in [6.45, 7) is 4.08. The van der Waals surface area contributed by atoms with Gasteiger partial charge in [0.2, 0.25) is 0 Å². The van der Waals surface area contributed by atoms with Gasteiger partial charge in [0.1, 0.15) is 6.04 Å². The van der Waals surface area contributed by atoms with Gasteiger partial charge in [-0.05, 0) is 26.7 Å². The average molecular weight is 258 g/mol. The molecule has 7 nitrogen and oxygen atoms in total. The van der Waals surface area contributed by atoms with E-state index in [1.54, 1.807) is 0 Å². The second kappa shape index (κ2) is 9.43. The Morgan fingerprint density at radius 2 is 2.22 bits per heavy atom. The number of hydrogen-bond acceptors (Lipinski definition) is 4. The molecule has 0 radical (unpaired) electrons. The number of hydrogen-bond donors (Lipinski definition) is 4. The number of hydroxylamine groups is 1. The third-order valence-electron chi connectivity index (χ3n) is 2.10. The Hall–Kier alpha value is -1.60. The zero-order valence-corrected chi connectivity index (χ0v) is 10.8. The topological polar surface area (TPSA) is 123 Å². The van der Waals surface area contributed by atoms with Gasteiger partial charge in [0.05, 0.1) is 6.10 Å². The lowest BCUT2D eigenvalue weighted by atomic mass is 10.2. The molecule has 0 aliphatic rings. The normalized spacial score (nSPS) is 14.3. The monoisotopic (exact) mass is 258 g/mol. The summed E-state index contributed by atoms with van der Waals surface area (Å²) in [4.78, 5) is 19.9. The molecule has 0 aromatic rings. The van der Waals surface area contributed by atoms with Crippen LogP contribution in [0.2, 0.25) is 0 Å². The fraction of sp³-hybridized carbons (Fsp3) is 0.636. The molecule has 0 saturated heterocycles. The molecule has 0 amide bonds. The van der Waals surface area contributed by atoms with Crippen LogP contribution in [0.5, 0.6) is 0 Å². The van der Waals surface area contributed by atoms with Crippen LogP contribution in [0.15, 0.2) is 17.1 Å². The standard InChI is InChI=1S/C11H22N4O3/c1-3-5-8(2)18-15-9(10(16)17)6-4-7-14-11(12)13/h3,5,8-9,15H,4,6-7H2,1-2H3,(H,16,17)(H4,12,13,14)/b5-3-/t8?,9-/m0/s1. The van der Waals surface area contributed by atoms with Crippen molar-refractivity contribution < 1.29 is 14.7 Å². The quantitative estimate of drug-likeness (QED) is 0.151. The van der Waals surface area contributed by atoms with Crippen LogP contribution in [-0.2, 0) is 9.63 Å². The number of guanidine groups is 1. The van der Waals surface area contributed by atoms with E-state index in [0.717, 1.165) is 0 Å². The molecule has 0 saturated carbocycles. The van der Waals surface area contributed by atoms with Crippen molar-refractivity contribution >= 4 is 11.9 Å². The minimum Gasteiger partial charge on any atom is -0.480 e. The largest absolute Gasteiger partial charge is 0.480 e. The molecule has 0 aliphatic heterocycles. The van der Waals surface area contributed by atoms with Gasteiger partial charge >= 0.3 is 5.97 Å². The molecule has 18 heavy (non-hydrogen) atoms. The SMILES string of the molecule is C/C=C\C(C)ON[C@@H](CCCN=C(N)N)C(=O)O. The number of carboxylic acid groups (broad SMARTS) is 1. The Kier molecular flexibility index (Phi) is 8.59. The number of aliphatic carboxylic acids is 1. The van der Waals surface area contributed by atoms with Crippen molar-refractivity contribution in [2.45, 2.75) is 38.8 Å². The maximum Gasteiger partial charge on any atom is 0.323 e. The molecule has 104 valence electrons. The van der Waals surface area contributed by atoms with Crippen molar-refractivity contribution in [1.29, 1.82) is 0 Å². The van der Waals surface area contributed by atoms with Crippen LogP contribution in [0, 0.1) is 0 Å². The summed E-state index contributed by atoms with van der Waals surface area (Å²) in [6.07, 6.45) is 4.40. The number of carbonyl (C=O) groups is 1. The second-order valence-corrected chi connectivity index (χ2v) is 3.81. The lowest BCUT2D eigenvalue weighted by Gasteiger charge is -2.16. The molecule has 2 atom stereocenters. The lowest BCUT2D eigenvalue weighted by molar-refractivity contribution is -0.145. The highest BCUT2D eigenvalue weighted by Crippen LogP contribution is 2.00. The van der Waals surface area contributed by atoms with Crippen molar-refractivity contribution in [2.75, 3.05) is 6.54 Å². The van der Waals surface area contributed by atoms with E-state index in [-0.39, 0.29) is 12.1 Å². The number of nitrogens with two attached hydrogens (primary N) is 2. The molecular weight excluding hydrogens is 236 g/mol. The predicted molar refractivity (Wildman–Crippen MR) is 69.8 cm³/mol. The Labute approximate surface area is 107 Å². The van der Waals surface area contributed by atoms with Crippen LogP contribution in [0.1, 0.15) is 26.7 Å². The third kappa shape index (κ3) is 8.54. The van der Waals surface area contributed by atoms with E-state index < -0.39 is 12.0 Å². The number of carboxylic acids is 1. The number of rotatable bonds is 9. The van der Waals surface area contributed by atoms with E-state index in [2.05, 4.69) is 10.5 Å². The molecule has 6 N–H and O–H groups in total. The maximum atomic E-state index is 11.0. The van der Waals surface area contributed by atoms with Crippen LogP contribution in [0.3, 0.4) is 0 Å². The van der Waals surface area contributed by atoms with Gasteiger partial charge in [0.15, 0.2) is 5.96 Å². The van der Waals surface area contributed by atoms with Crippen molar-refractivity contribution in [3.8, 4) is 0 Å². The van der Waals surface area contributed by atoms with Crippen molar-refractivity contribution in [3.05, 3.63) is 12.2 Å². The molecule has 0 heterocycles. The zero-order valence-electron chi connectivity index (χ0n) is 10.8. The van der Waals surface area contributed by atoms with Crippen molar-refractivity contribution in [3.63, 3.8) is 0 Å². The van der Waals surface area contributed by atoms with E-state index in [1.165, 1.54) is 0 Å².